The van der Waals surface area contributed by atoms with E-state index in [1.165, 1.54) is 31.5 Å². The van der Waals surface area contributed by atoms with E-state index in [9.17, 15) is 0 Å². The Morgan fingerprint density at radius 2 is 2.40 bits per heavy atom. The Bertz CT molecular complexity index is 308. The van der Waals surface area contributed by atoms with Crippen molar-refractivity contribution < 1.29 is 0 Å². The first-order valence-electron chi connectivity index (χ1n) is 5.93. The molecule has 0 aliphatic heterocycles. The molecule has 1 heterocycles. The Kier molecular flexibility index (Phi) is 3.84. The van der Waals surface area contributed by atoms with Crippen LogP contribution in [0.2, 0.25) is 0 Å². The maximum absolute atomic E-state index is 4.45. The normalized spacial score (nSPS) is 26.8. The Hall–Kier alpha value is -0.310. The lowest BCUT2D eigenvalue weighted by Gasteiger charge is -2.25. The molecule has 2 rings (SSSR count). The van der Waals surface area contributed by atoms with Crippen molar-refractivity contribution in [2.45, 2.75) is 50.4 Å². The molecule has 1 saturated carbocycles. The quantitative estimate of drug-likeness (QED) is 0.770. The fourth-order valence-corrected chi connectivity index (χ4v) is 3.34. The average molecular weight is 271 g/mol. The number of imidazole rings is 1. The van der Waals surface area contributed by atoms with Crippen LogP contribution in [-0.2, 0) is 13.0 Å². The van der Waals surface area contributed by atoms with Crippen LogP contribution < -0.4 is 0 Å². The van der Waals surface area contributed by atoms with Crippen molar-refractivity contribution in [1.82, 2.24) is 9.55 Å². The zero-order valence-electron chi connectivity index (χ0n) is 9.32. The van der Waals surface area contributed by atoms with Crippen LogP contribution in [0.1, 0.15) is 38.4 Å². The lowest BCUT2D eigenvalue weighted by molar-refractivity contribution is 0.358. The zero-order chi connectivity index (χ0) is 10.7. The van der Waals surface area contributed by atoms with E-state index >= 15 is 0 Å². The molecule has 2 unspecified atom stereocenters. The van der Waals surface area contributed by atoms with Crippen molar-refractivity contribution in [3.8, 4) is 0 Å². The van der Waals surface area contributed by atoms with Crippen molar-refractivity contribution in [2.24, 2.45) is 5.92 Å². The summed E-state index contributed by atoms with van der Waals surface area (Å²) in [6, 6.07) is 0. The van der Waals surface area contributed by atoms with Crippen molar-refractivity contribution in [2.75, 3.05) is 0 Å². The number of rotatable bonds is 3. The molecule has 0 spiro atoms. The topological polar surface area (TPSA) is 17.8 Å². The Morgan fingerprint density at radius 1 is 1.53 bits per heavy atom. The fraction of sp³-hybridized carbons (Fsp3) is 0.750. The highest BCUT2D eigenvalue weighted by atomic mass is 79.9. The van der Waals surface area contributed by atoms with Gasteiger partial charge in [-0.2, -0.15) is 0 Å². The van der Waals surface area contributed by atoms with Crippen LogP contribution in [0.25, 0.3) is 0 Å². The van der Waals surface area contributed by atoms with Gasteiger partial charge >= 0.3 is 0 Å². The third-order valence-electron chi connectivity index (χ3n) is 3.33. The molecule has 1 fully saturated rings. The summed E-state index contributed by atoms with van der Waals surface area (Å²) in [5.41, 5.74) is 0. The summed E-state index contributed by atoms with van der Waals surface area (Å²) in [6.45, 7) is 3.22. The number of nitrogens with zero attached hydrogens (tertiary/aromatic N) is 2. The van der Waals surface area contributed by atoms with Crippen molar-refractivity contribution in [3.63, 3.8) is 0 Å². The summed E-state index contributed by atoms with van der Waals surface area (Å²) < 4.78 is 2.26. The zero-order valence-corrected chi connectivity index (χ0v) is 10.9. The van der Waals surface area contributed by atoms with Gasteiger partial charge in [-0.05, 0) is 32.1 Å². The molecule has 0 N–H and O–H groups in total. The van der Waals surface area contributed by atoms with Crippen molar-refractivity contribution in [3.05, 3.63) is 18.2 Å². The van der Waals surface area contributed by atoms with Crippen LogP contribution in [0.15, 0.2) is 12.4 Å². The first-order valence-corrected chi connectivity index (χ1v) is 6.85. The highest BCUT2D eigenvalue weighted by Gasteiger charge is 2.21. The molecule has 0 amide bonds. The van der Waals surface area contributed by atoms with E-state index < -0.39 is 0 Å². The van der Waals surface area contributed by atoms with E-state index in [1.807, 2.05) is 6.20 Å². The van der Waals surface area contributed by atoms with Crippen LogP contribution in [0.5, 0.6) is 0 Å². The lowest BCUT2D eigenvalue weighted by atomic mass is 9.87. The molecule has 3 heteroatoms. The molecule has 15 heavy (non-hydrogen) atoms. The van der Waals surface area contributed by atoms with E-state index in [-0.39, 0.29) is 0 Å². The monoisotopic (exact) mass is 270 g/mol. The van der Waals surface area contributed by atoms with Crippen LogP contribution in [0.3, 0.4) is 0 Å². The predicted molar refractivity (Wildman–Crippen MR) is 66.3 cm³/mol. The van der Waals surface area contributed by atoms with Gasteiger partial charge in [0.15, 0.2) is 0 Å². The van der Waals surface area contributed by atoms with Gasteiger partial charge in [0.05, 0.1) is 0 Å². The minimum absolute atomic E-state index is 0.737. The molecule has 0 aromatic carbocycles. The summed E-state index contributed by atoms with van der Waals surface area (Å²) in [5, 5.41) is 0. The van der Waals surface area contributed by atoms with Crippen LogP contribution >= 0.6 is 15.9 Å². The van der Waals surface area contributed by atoms with E-state index in [4.69, 9.17) is 0 Å². The number of hydrogen-bond acceptors (Lipinski definition) is 1. The van der Waals surface area contributed by atoms with E-state index in [0.29, 0.717) is 0 Å². The largest absolute Gasteiger partial charge is 0.335 e. The molecule has 0 saturated heterocycles. The summed E-state index contributed by atoms with van der Waals surface area (Å²) in [4.78, 5) is 5.19. The minimum atomic E-state index is 0.737. The summed E-state index contributed by atoms with van der Waals surface area (Å²) in [5.74, 6) is 2.10. The third-order valence-corrected chi connectivity index (χ3v) is 4.16. The smallest absolute Gasteiger partial charge is 0.108 e. The molecule has 1 aromatic heterocycles. The molecular formula is C12H19BrN2. The maximum Gasteiger partial charge on any atom is 0.108 e. The summed E-state index contributed by atoms with van der Waals surface area (Å²) >= 11 is 3.74. The molecule has 2 atom stereocenters. The molecule has 1 aromatic rings. The molecule has 1 aliphatic rings. The van der Waals surface area contributed by atoms with Gasteiger partial charge in [-0.25, -0.2) is 4.98 Å². The maximum atomic E-state index is 4.45. The third kappa shape index (κ3) is 2.83. The van der Waals surface area contributed by atoms with Gasteiger partial charge in [-0.1, -0.05) is 22.4 Å². The van der Waals surface area contributed by atoms with Crippen LogP contribution in [-0.4, -0.2) is 14.4 Å². The van der Waals surface area contributed by atoms with Crippen LogP contribution in [0, 0.1) is 5.92 Å². The van der Waals surface area contributed by atoms with E-state index in [1.54, 1.807) is 0 Å². The van der Waals surface area contributed by atoms with Gasteiger partial charge in [0.2, 0.25) is 0 Å². The predicted octanol–water partition coefficient (Wildman–Crippen LogP) is 3.40. The highest BCUT2D eigenvalue weighted by molar-refractivity contribution is 9.09. The number of alkyl halides is 1. The second-order valence-corrected chi connectivity index (χ2v) is 5.76. The molecule has 0 radical (unpaired) electrons. The highest BCUT2D eigenvalue weighted by Crippen LogP contribution is 2.30. The van der Waals surface area contributed by atoms with E-state index in [2.05, 4.69) is 38.6 Å². The lowest BCUT2D eigenvalue weighted by Crippen LogP contribution is -2.18. The summed E-state index contributed by atoms with van der Waals surface area (Å²) in [6.07, 6.45) is 10.6. The Balaban J connectivity index is 1.96. The molecule has 84 valence electrons. The number of aryl methyl sites for hydroxylation is 1. The molecule has 0 bridgehead atoms. The first kappa shape index (κ1) is 11.2. The second kappa shape index (κ2) is 5.15. The SMILES string of the molecule is CCn1ccnc1CC1CCCC(Br)C1. The van der Waals surface area contributed by atoms with Gasteiger partial charge in [0.25, 0.3) is 0 Å². The number of aromatic nitrogens is 2. The minimum Gasteiger partial charge on any atom is -0.335 e. The Morgan fingerprint density at radius 3 is 3.13 bits per heavy atom. The van der Waals surface area contributed by atoms with E-state index in [0.717, 1.165) is 23.7 Å². The molecule has 2 nitrogen and oxygen atoms in total. The first-order chi connectivity index (χ1) is 7.29. The second-order valence-electron chi connectivity index (χ2n) is 4.46. The number of halogens is 1. The number of hydrogen-bond donors (Lipinski definition) is 0. The summed E-state index contributed by atoms with van der Waals surface area (Å²) in [7, 11) is 0. The van der Waals surface area contributed by atoms with Crippen LogP contribution in [0.4, 0.5) is 0 Å². The standard InChI is InChI=1S/C12H19BrN2/c1-2-15-7-6-14-12(15)9-10-4-3-5-11(13)8-10/h6-7,10-11H,2-5,8-9H2,1H3. The van der Waals surface area contributed by atoms with Gasteiger partial charge in [-0.15, -0.1) is 0 Å². The van der Waals surface area contributed by atoms with Gasteiger partial charge in [-0.3, -0.25) is 0 Å². The Labute approximate surface area is 100 Å². The van der Waals surface area contributed by atoms with Crippen molar-refractivity contribution in [1.29, 1.82) is 0 Å². The van der Waals surface area contributed by atoms with Gasteiger partial charge < -0.3 is 4.57 Å². The van der Waals surface area contributed by atoms with Gasteiger partial charge in [0, 0.05) is 30.2 Å². The fourth-order valence-electron chi connectivity index (χ4n) is 2.49. The van der Waals surface area contributed by atoms with Crippen molar-refractivity contribution >= 4 is 15.9 Å². The average Bonchev–Trinajstić information content (AvgIpc) is 2.65. The molecule has 1 aliphatic carbocycles. The van der Waals surface area contributed by atoms with Gasteiger partial charge in [0.1, 0.15) is 5.82 Å². The molecular weight excluding hydrogens is 252 g/mol.